The summed E-state index contributed by atoms with van der Waals surface area (Å²) in [6.45, 7) is 6.31. The Morgan fingerprint density at radius 2 is 1.61 bits per heavy atom. The van der Waals surface area contributed by atoms with E-state index >= 15 is 0 Å². The van der Waals surface area contributed by atoms with Crippen molar-refractivity contribution in [3.63, 3.8) is 0 Å². The minimum absolute atomic E-state index is 0.0493. The number of Topliss-reactive ketones (excluding diaryl/α,β-unsaturated/α-hetero) is 1. The molecule has 18 heavy (non-hydrogen) atoms. The molecule has 0 atom stereocenters. The average Bonchev–Trinajstić information content (AvgIpc) is 2.24. The molecule has 0 fully saturated rings. The second-order valence-electron chi connectivity index (χ2n) is 5.63. The van der Waals surface area contributed by atoms with Gasteiger partial charge in [-0.05, 0) is 11.0 Å². The topological polar surface area (TPSA) is 51.2 Å². The molecule has 0 saturated heterocycles. The molecule has 0 heterocycles. The number of ketones is 1. The van der Waals surface area contributed by atoms with Gasteiger partial charge in [0.15, 0.2) is 5.78 Å². The zero-order valence-electron chi connectivity index (χ0n) is 11.4. The molecule has 100 valence electrons. The van der Waals surface area contributed by atoms with Gasteiger partial charge in [0, 0.05) is 18.2 Å². The van der Waals surface area contributed by atoms with Crippen molar-refractivity contribution in [1.29, 1.82) is 0 Å². The Bertz CT molecular complexity index is 519. The molecular formula is C14H20O3S. The molecule has 0 aliphatic heterocycles. The second-order valence-corrected chi connectivity index (χ2v) is 7.89. The van der Waals surface area contributed by atoms with E-state index in [1.807, 2.05) is 12.1 Å². The quantitative estimate of drug-likeness (QED) is 0.789. The summed E-state index contributed by atoms with van der Waals surface area (Å²) in [6.07, 6.45) is 1.19. The summed E-state index contributed by atoms with van der Waals surface area (Å²) in [5.74, 6) is -0.215. The van der Waals surface area contributed by atoms with E-state index in [0.29, 0.717) is 5.56 Å². The van der Waals surface area contributed by atoms with Crippen LogP contribution in [0.5, 0.6) is 0 Å². The van der Waals surface area contributed by atoms with E-state index in [1.54, 1.807) is 12.1 Å². The van der Waals surface area contributed by atoms with Gasteiger partial charge in [-0.15, -0.1) is 0 Å². The van der Waals surface area contributed by atoms with Gasteiger partial charge in [-0.3, -0.25) is 4.79 Å². The fourth-order valence-corrected chi connectivity index (χ4v) is 2.13. The largest absolute Gasteiger partial charge is 0.294 e. The predicted molar refractivity (Wildman–Crippen MR) is 73.8 cm³/mol. The van der Waals surface area contributed by atoms with Crippen LogP contribution in [0.1, 0.15) is 43.1 Å². The van der Waals surface area contributed by atoms with Crippen molar-refractivity contribution in [2.75, 3.05) is 12.0 Å². The van der Waals surface area contributed by atoms with Crippen molar-refractivity contribution < 1.29 is 13.2 Å². The Kier molecular flexibility index (Phi) is 4.32. The van der Waals surface area contributed by atoms with Gasteiger partial charge < -0.3 is 0 Å². The van der Waals surface area contributed by atoms with Gasteiger partial charge in [0.05, 0.1) is 5.75 Å². The maximum absolute atomic E-state index is 11.8. The monoisotopic (exact) mass is 268 g/mol. The first-order chi connectivity index (χ1) is 8.09. The number of carbonyl (C=O) groups excluding carboxylic acids is 1. The van der Waals surface area contributed by atoms with E-state index < -0.39 is 9.84 Å². The summed E-state index contributed by atoms with van der Waals surface area (Å²) in [7, 11) is -3.08. The van der Waals surface area contributed by atoms with Crippen LogP contribution < -0.4 is 0 Å². The molecule has 0 aliphatic carbocycles. The molecule has 0 radical (unpaired) electrons. The number of sulfone groups is 1. The van der Waals surface area contributed by atoms with E-state index in [4.69, 9.17) is 0 Å². The third-order valence-electron chi connectivity index (χ3n) is 2.77. The molecule has 1 aromatic rings. The molecule has 4 heteroatoms. The van der Waals surface area contributed by atoms with Gasteiger partial charge in [-0.25, -0.2) is 8.42 Å². The number of carbonyl (C=O) groups is 1. The molecule has 0 aliphatic rings. The molecular weight excluding hydrogens is 248 g/mol. The fourth-order valence-electron chi connectivity index (χ4n) is 1.58. The van der Waals surface area contributed by atoms with Gasteiger partial charge >= 0.3 is 0 Å². The van der Waals surface area contributed by atoms with Gasteiger partial charge in [0.25, 0.3) is 0 Å². The van der Waals surface area contributed by atoms with Gasteiger partial charge in [-0.2, -0.15) is 0 Å². The number of benzene rings is 1. The van der Waals surface area contributed by atoms with Crippen molar-refractivity contribution >= 4 is 15.6 Å². The normalized spacial score (nSPS) is 12.4. The van der Waals surface area contributed by atoms with E-state index in [1.165, 1.54) is 0 Å². The van der Waals surface area contributed by atoms with Crippen LogP contribution in [-0.4, -0.2) is 26.2 Å². The molecule has 1 rings (SSSR count). The van der Waals surface area contributed by atoms with Crippen LogP contribution in [0.4, 0.5) is 0 Å². The lowest BCUT2D eigenvalue weighted by molar-refractivity contribution is 0.0988. The molecule has 0 bridgehead atoms. The summed E-state index contributed by atoms with van der Waals surface area (Å²) in [4.78, 5) is 11.8. The van der Waals surface area contributed by atoms with E-state index in [9.17, 15) is 13.2 Å². The third-order valence-corrected chi connectivity index (χ3v) is 3.72. The summed E-state index contributed by atoms with van der Waals surface area (Å²) in [5, 5.41) is 0. The highest BCUT2D eigenvalue weighted by molar-refractivity contribution is 7.90. The predicted octanol–water partition coefficient (Wildman–Crippen LogP) is 2.60. The highest BCUT2D eigenvalue weighted by atomic mass is 32.2. The van der Waals surface area contributed by atoms with E-state index in [0.717, 1.165) is 11.8 Å². The summed E-state index contributed by atoms with van der Waals surface area (Å²) in [5.41, 5.74) is 1.78. The van der Waals surface area contributed by atoms with Crippen molar-refractivity contribution in [3.05, 3.63) is 35.4 Å². The van der Waals surface area contributed by atoms with Crippen LogP contribution in [0.25, 0.3) is 0 Å². The van der Waals surface area contributed by atoms with Crippen LogP contribution in [0.3, 0.4) is 0 Å². The van der Waals surface area contributed by atoms with Crippen LogP contribution >= 0.6 is 0 Å². The molecule has 3 nitrogen and oxygen atoms in total. The minimum atomic E-state index is -3.08. The Labute approximate surface area is 109 Å². The molecule has 0 amide bonds. The molecule has 0 spiro atoms. The van der Waals surface area contributed by atoms with Gasteiger partial charge in [-0.1, -0.05) is 45.0 Å². The lowest BCUT2D eigenvalue weighted by Gasteiger charge is -2.18. The van der Waals surface area contributed by atoms with Crippen LogP contribution in [-0.2, 0) is 15.3 Å². The summed E-state index contributed by atoms with van der Waals surface area (Å²) in [6, 6.07) is 7.39. The third kappa shape index (κ3) is 4.61. The van der Waals surface area contributed by atoms with Crippen molar-refractivity contribution in [2.24, 2.45) is 0 Å². The number of rotatable bonds is 4. The van der Waals surface area contributed by atoms with E-state index in [2.05, 4.69) is 20.8 Å². The summed E-state index contributed by atoms with van der Waals surface area (Å²) < 4.78 is 22.0. The summed E-state index contributed by atoms with van der Waals surface area (Å²) >= 11 is 0. The highest BCUT2D eigenvalue weighted by Crippen LogP contribution is 2.22. The van der Waals surface area contributed by atoms with Crippen molar-refractivity contribution in [1.82, 2.24) is 0 Å². The number of hydrogen-bond donors (Lipinski definition) is 0. The maximum Gasteiger partial charge on any atom is 0.163 e. The molecule has 0 unspecified atom stereocenters. The van der Waals surface area contributed by atoms with Crippen LogP contribution in [0.2, 0.25) is 0 Å². The zero-order valence-corrected chi connectivity index (χ0v) is 12.2. The van der Waals surface area contributed by atoms with Gasteiger partial charge in [0.1, 0.15) is 9.84 Å². The van der Waals surface area contributed by atoms with Gasteiger partial charge in [0.2, 0.25) is 0 Å². The minimum Gasteiger partial charge on any atom is -0.294 e. The Balaban J connectivity index is 2.77. The molecule has 0 N–H and O–H groups in total. The Hall–Kier alpha value is -1.16. The number of hydrogen-bond acceptors (Lipinski definition) is 3. The Morgan fingerprint density at radius 1 is 1.11 bits per heavy atom. The average molecular weight is 268 g/mol. The first-order valence-electron chi connectivity index (χ1n) is 5.91. The second kappa shape index (κ2) is 5.22. The smallest absolute Gasteiger partial charge is 0.163 e. The first-order valence-corrected chi connectivity index (χ1v) is 7.97. The lowest BCUT2D eigenvalue weighted by atomic mass is 9.86. The standard InChI is InChI=1S/C14H20O3S/c1-14(2,3)12-7-5-11(6-8-12)13(15)9-10-18(4,16)17/h5-8H,9-10H2,1-4H3. The van der Waals surface area contributed by atoms with Crippen LogP contribution in [0, 0.1) is 0 Å². The fraction of sp³-hybridized carbons (Fsp3) is 0.500. The molecule has 1 aromatic carbocycles. The van der Waals surface area contributed by atoms with E-state index in [-0.39, 0.29) is 23.4 Å². The maximum atomic E-state index is 11.8. The lowest BCUT2D eigenvalue weighted by Crippen LogP contribution is -2.12. The zero-order chi connectivity index (χ0) is 14.0. The first kappa shape index (κ1) is 14.9. The molecule has 0 saturated carbocycles. The molecule has 0 aromatic heterocycles. The SMILES string of the molecule is CC(C)(C)c1ccc(C(=O)CCS(C)(=O)=O)cc1. The Morgan fingerprint density at radius 3 is 2.00 bits per heavy atom. The van der Waals surface area contributed by atoms with Crippen molar-refractivity contribution in [3.8, 4) is 0 Å². The van der Waals surface area contributed by atoms with Crippen LogP contribution in [0.15, 0.2) is 24.3 Å². The van der Waals surface area contributed by atoms with Crippen molar-refractivity contribution in [2.45, 2.75) is 32.6 Å². The highest BCUT2D eigenvalue weighted by Gasteiger charge is 2.15.